The van der Waals surface area contributed by atoms with Crippen molar-refractivity contribution in [3.8, 4) is 0 Å². The molecule has 12 unspecified atom stereocenters. The maximum atomic E-state index is 13.3. The van der Waals surface area contributed by atoms with Crippen molar-refractivity contribution in [2.24, 2.45) is 0 Å². The predicted molar refractivity (Wildman–Crippen MR) is 337 cm³/mol. The fourth-order valence-electron chi connectivity index (χ4n) is 11.2. The average Bonchev–Trinajstić information content (AvgIpc) is 3.61. The van der Waals surface area contributed by atoms with E-state index >= 15 is 0 Å². The summed E-state index contributed by atoms with van der Waals surface area (Å²) in [6.45, 7) is 2.77. The topological polar surface area (TPSA) is 228 Å². The third-order valence-electron chi connectivity index (χ3n) is 16.7. The van der Waals surface area contributed by atoms with Gasteiger partial charge in [0, 0.05) is 6.42 Å². The standard InChI is InChI=1S/C69H127NO13/c1-3-5-7-9-11-13-15-17-19-20-21-22-23-24-25-26-27-28-29-30-31-32-33-34-35-36-37-38-39-41-43-45-47-49-51-53-61(74)70-57(58(73)52-50-48-46-44-42-40-18-16-14-12-10-8-6-4-2)56-80-68-66(79)64(77)67(60(55-72)82-68)83-69-65(78)63(76)62(75)59(54-71)81-69/h14,16,20-21,42,44,50,52,57-60,62-69,71-73,75-79H,3-13,15,17-19,22-41,43,45-49,51,53-56H2,1-2H3,(H,70,74)/b16-14+,21-20-,44-42+,52-50+. The van der Waals surface area contributed by atoms with E-state index in [0.717, 1.165) is 44.9 Å². The first kappa shape index (κ1) is 77.0. The molecule has 0 aliphatic carbocycles. The lowest BCUT2D eigenvalue weighted by atomic mass is 9.97. The van der Waals surface area contributed by atoms with Gasteiger partial charge in [-0.3, -0.25) is 4.79 Å². The van der Waals surface area contributed by atoms with E-state index in [4.69, 9.17) is 18.9 Å². The summed E-state index contributed by atoms with van der Waals surface area (Å²) in [5, 5.41) is 87.1. The number of ether oxygens (including phenoxy) is 4. The minimum Gasteiger partial charge on any atom is -0.394 e. The van der Waals surface area contributed by atoms with Gasteiger partial charge in [-0.2, -0.15) is 0 Å². The molecule has 486 valence electrons. The minimum absolute atomic E-state index is 0.250. The van der Waals surface area contributed by atoms with Gasteiger partial charge in [-0.15, -0.1) is 0 Å². The molecule has 0 aromatic carbocycles. The lowest BCUT2D eigenvalue weighted by Gasteiger charge is -2.46. The first-order valence-electron chi connectivity index (χ1n) is 34.4. The van der Waals surface area contributed by atoms with Crippen molar-refractivity contribution < 1.29 is 64.6 Å². The molecule has 2 aliphatic rings. The fourth-order valence-corrected chi connectivity index (χ4v) is 11.2. The molecule has 2 rings (SSSR count). The molecule has 2 saturated heterocycles. The molecule has 0 saturated carbocycles. The number of hydrogen-bond acceptors (Lipinski definition) is 13. The molecule has 0 aromatic rings. The molecule has 83 heavy (non-hydrogen) atoms. The summed E-state index contributed by atoms with van der Waals surface area (Å²) in [5.41, 5.74) is 0. The number of hydrogen-bond donors (Lipinski definition) is 9. The van der Waals surface area contributed by atoms with E-state index in [0.29, 0.717) is 12.8 Å². The molecule has 9 N–H and O–H groups in total. The van der Waals surface area contributed by atoms with Crippen molar-refractivity contribution in [3.63, 3.8) is 0 Å². The third-order valence-corrected chi connectivity index (χ3v) is 16.7. The van der Waals surface area contributed by atoms with Gasteiger partial charge in [0.2, 0.25) is 5.91 Å². The maximum absolute atomic E-state index is 13.3. The van der Waals surface area contributed by atoms with Crippen LogP contribution in [0.5, 0.6) is 0 Å². The second kappa shape index (κ2) is 54.1. The van der Waals surface area contributed by atoms with Crippen LogP contribution >= 0.6 is 0 Å². The van der Waals surface area contributed by atoms with Crippen LogP contribution in [0.1, 0.15) is 290 Å². The van der Waals surface area contributed by atoms with E-state index in [9.17, 15) is 45.6 Å². The normalized spacial score (nSPS) is 24.1. The summed E-state index contributed by atoms with van der Waals surface area (Å²) in [6.07, 6.45) is 53.4. The zero-order valence-electron chi connectivity index (χ0n) is 52.7. The van der Waals surface area contributed by atoms with Gasteiger partial charge in [-0.25, -0.2) is 0 Å². The van der Waals surface area contributed by atoms with Gasteiger partial charge in [0.25, 0.3) is 0 Å². The third kappa shape index (κ3) is 38.8. The molecule has 0 bridgehead atoms. The van der Waals surface area contributed by atoms with Crippen LogP contribution in [0.4, 0.5) is 0 Å². The van der Waals surface area contributed by atoms with E-state index in [1.165, 1.54) is 212 Å². The lowest BCUT2D eigenvalue weighted by molar-refractivity contribution is -0.359. The van der Waals surface area contributed by atoms with Crippen molar-refractivity contribution in [1.29, 1.82) is 0 Å². The Balaban J connectivity index is 1.60. The van der Waals surface area contributed by atoms with Gasteiger partial charge in [0.05, 0.1) is 32.0 Å². The van der Waals surface area contributed by atoms with Crippen LogP contribution in [0.3, 0.4) is 0 Å². The SMILES string of the molecule is CCCCCC/C=C/CC/C=C/CC/C=C/C(O)C(COC1OC(CO)C(OC2OC(CO)C(O)C(O)C2O)C(O)C1O)NC(=O)CCCCCCCCCCCCCCCCCCCCCCCCC/C=C\CCCCCCCCCC. The van der Waals surface area contributed by atoms with Crippen molar-refractivity contribution in [3.05, 3.63) is 48.6 Å². The Morgan fingerprint density at radius 3 is 1.19 bits per heavy atom. The summed E-state index contributed by atoms with van der Waals surface area (Å²) in [7, 11) is 0. The summed E-state index contributed by atoms with van der Waals surface area (Å²) >= 11 is 0. The molecule has 2 aliphatic heterocycles. The van der Waals surface area contributed by atoms with E-state index in [1.54, 1.807) is 6.08 Å². The molecule has 14 heteroatoms. The number of amides is 1. The maximum Gasteiger partial charge on any atom is 0.220 e. The van der Waals surface area contributed by atoms with Crippen molar-refractivity contribution in [2.75, 3.05) is 19.8 Å². The molecule has 0 spiro atoms. The smallest absolute Gasteiger partial charge is 0.220 e. The van der Waals surface area contributed by atoms with Crippen LogP contribution in [0, 0.1) is 0 Å². The quantitative estimate of drug-likeness (QED) is 0.0204. The van der Waals surface area contributed by atoms with Crippen LogP contribution < -0.4 is 5.32 Å². The molecule has 0 radical (unpaired) electrons. The largest absolute Gasteiger partial charge is 0.394 e. The van der Waals surface area contributed by atoms with Gasteiger partial charge in [-0.05, 0) is 70.6 Å². The van der Waals surface area contributed by atoms with Crippen molar-refractivity contribution >= 4 is 5.91 Å². The van der Waals surface area contributed by atoms with Gasteiger partial charge in [0.1, 0.15) is 48.8 Å². The van der Waals surface area contributed by atoms with Crippen LogP contribution in [0.2, 0.25) is 0 Å². The summed E-state index contributed by atoms with van der Waals surface area (Å²) < 4.78 is 22.8. The molecule has 2 heterocycles. The molecular weight excluding hydrogens is 1050 g/mol. The lowest BCUT2D eigenvalue weighted by Crippen LogP contribution is -2.65. The number of aliphatic hydroxyl groups is 8. The number of carbonyl (C=O) groups excluding carboxylic acids is 1. The molecule has 12 atom stereocenters. The van der Waals surface area contributed by atoms with E-state index < -0.39 is 86.8 Å². The predicted octanol–water partition coefficient (Wildman–Crippen LogP) is 13.5. The highest BCUT2D eigenvalue weighted by atomic mass is 16.7. The zero-order chi connectivity index (χ0) is 60.2. The van der Waals surface area contributed by atoms with Gasteiger partial charge in [0.15, 0.2) is 12.6 Å². The Bertz CT molecular complexity index is 1580. The van der Waals surface area contributed by atoms with E-state index in [2.05, 4.69) is 55.6 Å². The second-order valence-corrected chi connectivity index (χ2v) is 24.3. The Hall–Kier alpha value is -2.05. The van der Waals surface area contributed by atoms with Crippen LogP contribution in [0.15, 0.2) is 48.6 Å². The van der Waals surface area contributed by atoms with Gasteiger partial charge in [-0.1, -0.05) is 262 Å². The minimum atomic E-state index is -1.79. The fraction of sp³-hybridized carbons (Fsp3) is 0.870. The van der Waals surface area contributed by atoms with Crippen LogP contribution in [-0.4, -0.2) is 140 Å². The summed E-state index contributed by atoms with van der Waals surface area (Å²) in [4.78, 5) is 13.3. The highest BCUT2D eigenvalue weighted by molar-refractivity contribution is 5.76. The van der Waals surface area contributed by atoms with Crippen molar-refractivity contribution in [1.82, 2.24) is 5.32 Å². The molecule has 1 amide bonds. The number of unbranched alkanes of at least 4 members (excludes halogenated alkanes) is 37. The number of rotatable bonds is 56. The Morgan fingerprint density at radius 1 is 0.422 bits per heavy atom. The van der Waals surface area contributed by atoms with E-state index in [1.807, 2.05) is 6.08 Å². The first-order chi connectivity index (χ1) is 40.6. The van der Waals surface area contributed by atoms with Crippen molar-refractivity contribution in [2.45, 2.75) is 364 Å². The number of allylic oxidation sites excluding steroid dienone is 7. The summed E-state index contributed by atoms with van der Waals surface area (Å²) in [5.74, 6) is -0.250. The highest BCUT2D eigenvalue weighted by Gasteiger charge is 2.51. The Kier molecular flexibility index (Phi) is 50.2. The summed E-state index contributed by atoms with van der Waals surface area (Å²) in [6, 6.07) is -0.937. The van der Waals surface area contributed by atoms with Gasteiger partial charge < -0.3 is 65.1 Å². The number of nitrogens with one attached hydrogen (secondary N) is 1. The highest BCUT2D eigenvalue weighted by Crippen LogP contribution is 2.30. The molecular formula is C69H127NO13. The number of carbonyl (C=O) groups is 1. The van der Waals surface area contributed by atoms with E-state index in [-0.39, 0.29) is 18.9 Å². The van der Waals surface area contributed by atoms with Crippen LogP contribution in [0.25, 0.3) is 0 Å². The zero-order valence-corrected chi connectivity index (χ0v) is 52.7. The number of aliphatic hydroxyl groups excluding tert-OH is 8. The van der Waals surface area contributed by atoms with Gasteiger partial charge >= 0.3 is 0 Å². The first-order valence-corrected chi connectivity index (χ1v) is 34.4. The Labute approximate surface area is 505 Å². The Morgan fingerprint density at radius 2 is 0.771 bits per heavy atom. The average molecular weight is 1180 g/mol. The van der Waals surface area contributed by atoms with Crippen LogP contribution in [-0.2, 0) is 23.7 Å². The molecule has 0 aromatic heterocycles. The molecule has 14 nitrogen and oxygen atoms in total. The monoisotopic (exact) mass is 1180 g/mol. The second-order valence-electron chi connectivity index (χ2n) is 24.3. The molecule has 2 fully saturated rings.